The van der Waals surface area contributed by atoms with Gasteiger partial charge in [0.2, 0.25) is 0 Å². The van der Waals surface area contributed by atoms with Crippen molar-refractivity contribution in [3.63, 3.8) is 0 Å². The Balaban J connectivity index is 1.79. The van der Waals surface area contributed by atoms with Gasteiger partial charge in [-0.1, -0.05) is 0 Å². The number of ether oxygens (including phenoxy) is 2. The zero-order valence-electron chi connectivity index (χ0n) is 14.7. The number of anilines is 1. The molecule has 1 saturated heterocycles. The van der Waals surface area contributed by atoms with Gasteiger partial charge >= 0.3 is 6.09 Å². The number of rotatable bonds is 4. The van der Waals surface area contributed by atoms with Crippen LogP contribution in [0.2, 0.25) is 0 Å². The van der Waals surface area contributed by atoms with Crippen LogP contribution >= 0.6 is 0 Å². The summed E-state index contributed by atoms with van der Waals surface area (Å²) in [7, 11) is 1.93. The predicted molar refractivity (Wildman–Crippen MR) is 88.6 cm³/mol. The minimum absolute atomic E-state index is 0.00857. The Morgan fingerprint density at radius 3 is 2.87 bits per heavy atom. The van der Waals surface area contributed by atoms with Crippen LogP contribution in [0.4, 0.5) is 10.5 Å². The number of alkyl carbamates (subject to hydrolysis) is 1. The average molecular weight is 324 g/mol. The summed E-state index contributed by atoms with van der Waals surface area (Å²) in [5.74, 6) is 0. The summed E-state index contributed by atoms with van der Waals surface area (Å²) in [5.41, 5.74) is 1.68. The van der Waals surface area contributed by atoms with Gasteiger partial charge in [0.05, 0.1) is 23.7 Å². The number of nitrogens with one attached hydrogen (secondary N) is 2. The van der Waals surface area contributed by atoms with Crippen LogP contribution < -0.4 is 10.6 Å². The third-order valence-electron chi connectivity index (χ3n) is 3.84. The maximum absolute atomic E-state index is 11.7. The summed E-state index contributed by atoms with van der Waals surface area (Å²) < 4.78 is 12.8. The van der Waals surface area contributed by atoms with Crippen molar-refractivity contribution in [1.29, 1.82) is 0 Å². The van der Waals surface area contributed by atoms with E-state index in [0.29, 0.717) is 19.2 Å². The molecule has 0 radical (unpaired) electrons. The molecule has 7 heteroatoms. The monoisotopic (exact) mass is 324 g/mol. The lowest BCUT2D eigenvalue weighted by molar-refractivity contribution is 0.00670. The van der Waals surface area contributed by atoms with Crippen molar-refractivity contribution in [3.8, 4) is 0 Å². The highest BCUT2D eigenvalue weighted by atomic mass is 16.6. The van der Waals surface area contributed by atoms with Gasteiger partial charge in [-0.25, -0.2) is 4.79 Å². The molecule has 2 heterocycles. The third kappa shape index (κ3) is 5.42. The van der Waals surface area contributed by atoms with E-state index >= 15 is 0 Å². The lowest BCUT2D eigenvalue weighted by Crippen LogP contribution is -2.42. The van der Waals surface area contributed by atoms with Gasteiger partial charge in [-0.2, -0.15) is 5.10 Å². The molecule has 7 nitrogen and oxygen atoms in total. The van der Waals surface area contributed by atoms with Crippen LogP contribution in [0.5, 0.6) is 0 Å². The molecule has 130 valence electrons. The van der Waals surface area contributed by atoms with Gasteiger partial charge in [-0.15, -0.1) is 0 Å². The summed E-state index contributed by atoms with van der Waals surface area (Å²) in [6, 6.07) is 0.317. The molecule has 0 spiro atoms. The number of carbonyl (C=O) groups is 1. The standard InChI is InChI=1S/C16H28N4O3/c1-11-14(10-18-20(11)5)19-12-6-7-22-13(8-12)9-17-15(21)23-16(2,3)4/h10,12-13,19H,6-9H2,1-5H3,(H,17,21). The number of nitrogens with zero attached hydrogens (tertiary/aromatic N) is 2. The first-order valence-electron chi connectivity index (χ1n) is 8.08. The van der Waals surface area contributed by atoms with Crippen LogP contribution in [0.25, 0.3) is 0 Å². The molecule has 0 aromatic carbocycles. The van der Waals surface area contributed by atoms with E-state index in [-0.39, 0.29) is 6.10 Å². The van der Waals surface area contributed by atoms with Crippen LogP contribution in [0.15, 0.2) is 6.20 Å². The van der Waals surface area contributed by atoms with E-state index in [0.717, 1.165) is 24.2 Å². The Labute approximate surface area is 137 Å². The number of amides is 1. The molecular weight excluding hydrogens is 296 g/mol. The third-order valence-corrected chi connectivity index (χ3v) is 3.84. The van der Waals surface area contributed by atoms with Crippen molar-refractivity contribution in [2.45, 2.75) is 58.3 Å². The Hall–Kier alpha value is -1.76. The molecule has 2 atom stereocenters. The van der Waals surface area contributed by atoms with Crippen molar-refractivity contribution in [1.82, 2.24) is 15.1 Å². The van der Waals surface area contributed by atoms with E-state index in [2.05, 4.69) is 15.7 Å². The number of hydrogen-bond donors (Lipinski definition) is 2. The van der Waals surface area contributed by atoms with Crippen molar-refractivity contribution in [2.75, 3.05) is 18.5 Å². The zero-order valence-corrected chi connectivity index (χ0v) is 14.7. The van der Waals surface area contributed by atoms with Gasteiger partial charge in [-0.05, 0) is 40.5 Å². The summed E-state index contributed by atoms with van der Waals surface area (Å²) in [5, 5.41) is 10.5. The largest absolute Gasteiger partial charge is 0.444 e. The number of hydrogen-bond acceptors (Lipinski definition) is 5. The van der Waals surface area contributed by atoms with Crippen molar-refractivity contribution in [3.05, 3.63) is 11.9 Å². The van der Waals surface area contributed by atoms with Gasteiger partial charge < -0.3 is 20.1 Å². The number of carbonyl (C=O) groups excluding carboxylic acids is 1. The topological polar surface area (TPSA) is 77.4 Å². The molecule has 2 N–H and O–H groups in total. The first-order chi connectivity index (χ1) is 10.7. The van der Waals surface area contributed by atoms with Crippen molar-refractivity contribution >= 4 is 11.8 Å². The van der Waals surface area contributed by atoms with Gasteiger partial charge in [0.25, 0.3) is 0 Å². The predicted octanol–water partition coefficient (Wildman–Crippen LogP) is 2.21. The second kappa shape index (κ2) is 7.21. The van der Waals surface area contributed by atoms with E-state index in [4.69, 9.17) is 9.47 Å². The molecule has 1 aliphatic heterocycles. The highest BCUT2D eigenvalue weighted by Crippen LogP contribution is 2.20. The molecule has 0 bridgehead atoms. The van der Waals surface area contributed by atoms with Gasteiger partial charge in [0.1, 0.15) is 5.60 Å². The molecule has 1 aromatic heterocycles. The molecular formula is C16H28N4O3. The number of aromatic nitrogens is 2. The minimum Gasteiger partial charge on any atom is -0.444 e. The Kier molecular flexibility index (Phi) is 5.51. The molecule has 2 rings (SSSR count). The fourth-order valence-corrected chi connectivity index (χ4v) is 2.53. The quantitative estimate of drug-likeness (QED) is 0.888. The lowest BCUT2D eigenvalue weighted by atomic mass is 10.0. The average Bonchev–Trinajstić information content (AvgIpc) is 2.76. The summed E-state index contributed by atoms with van der Waals surface area (Å²) in [4.78, 5) is 11.7. The normalized spacial score (nSPS) is 21.8. The van der Waals surface area contributed by atoms with Crippen LogP contribution in [-0.2, 0) is 16.5 Å². The maximum Gasteiger partial charge on any atom is 0.407 e. The van der Waals surface area contributed by atoms with Crippen molar-refractivity contribution in [2.24, 2.45) is 7.05 Å². The van der Waals surface area contributed by atoms with Crippen molar-refractivity contribution < 1.29 is 14.3 Å². The maximum atomic E-state index is 11.7. The van der Waals surface area contributed by atoms with Crippen LogP contribution in [0.1, 0.15) is 39.3 Å². The van der Waals surface area contributed by atoms with E-state index in [1.165, 1.54) is 0 Å². The molecule has 1 aliphatic rings. The van der Waals surface area contributed by atoms with Gasteiger partial charge in [0, 0.05) is 26.2 Å². The minimum atomic E-state index is -0.487. The molecule has 2 unspecified atom stereocenters. The molecule has 1 aromatic rings. The summed E-state index contributed by atoms with van der Waals surface area (Å²) in [6.45, 7) is 8.71. The highest BCUT2D eigenvalue weighted by Gasteiger charge is 2.24. The summed E-state index contributed by atoms with van der Waals surface area (Å²) in [6.07, 6.45) is 3.21. The van der Waals surface area contributed by atoms with Crippen LogP contribution in [0, 0.1) is 6.92 Å². The van der Waals surface area contributed by atoms with Gasteiger partial charge in [0.15, 0.2) is 0 Å². The molecule has 1 fully saturated rings. The fourth-order valence-electron chi connectivity index (χ4n) is 2.53. The second-order valence-corrected chi connectivity index (χ2v) is 7.01. The zero-order chi connectivity index (χ0) is 17.0. The van der Waals surface area contributed by atoms with E-state index in [1.54, 1.807) is 0 Å². The number of aryl methyl sites for hydroxylation is 1. The smallest absolute Gasteiger partial charge is 0.407 e. The fraction of sp³-hybridized carbons (Fsp3) is 0.750. The molecule has 0 aliphatic carbocycles. The highest BCUT2D eigenvalue weighted by molar-refractivity contribution is 5.67. The molecule has 0 saturated carbocycles. The van der Waals surface area contributed by atoms with Gasteiger partial charge in [-0.3, -0.25) is 4.68 Å². The van der Waals surface area contributed by atoms with Crippen LogP contribution in [0.3, 0.4) is 0 Å². The lowest BCUT2D eigenvalue weighted by Gasteiger charge is -2.31. The first-order valence-corrected chi connectivity index (χ1v) is 8.08. The SMILES string of the molecule is Cc1c(NC2CCOC(CNC(=O)OC(C)(C)C)C2)cnn1C. The first kappa shape index (κ1) is 17.6. The molecule has 23 heavy (non-hydrogen) atoms. The Morgan fingerprint density at radius 1 is 1.52 bits per heavy atom. The Morgan fingerprint density at radius 2 is 2.26 bits per heavy atom. The van der Waals surface area contributed by atoms with Crippen LogP contribution in [-0.4, -0.2) is 46.8 Å². The van der Waals surface area contributed by atoms with E-state index in [9.17, 15) is 4.79 Å². The Bertz CT molecular complexity index is 536. The van der Waals surface area contributed by atoms with E-state index < -0.39 is 11.7 Å². The second-order valence-electron chi connectivity index (χ2n) is 7.01. The van der Waals surface area contributed by atoms with E-state index in [1.807, 2.05) is 45.6 Å². The molecule has 1 amide bonds. The summed E-state index contributed by atoms with van der Waals surface area (Å²) >= 11 is 0.